The first-order chi connectivity index (χ1) is 7.83. The van der Waals surface area contributed by atoms with Gasteiger partial charge in [0, 0.05) is 23.2 Å². The summed E-state index contributed by atoms with van der Waals surface area (Å²) < 4.78 is 13.1. The van der Waals surface area contributed by atoms with Crippen LogP contribution in [0, 0.1) is 5.82 Å². The van der Waals surface area contributed by atoms with Gasteiger partial charge in [-0.25, -0.2) is 9.37 Å². The van der Waals surface area contributed by atoms with Gasteiger partial charge in [-0.15, -0.1) is 0 Å². The van der Waals surface area contributed by atoms with Gasteiger partial charge in [-0.05, 0) is 18.2 Å². The monoisotopic (exact) mass is 213 g/mol. The van der Waals surface area contributed by atoms with Crippen LogP contribution in [0.5, 0.6) is 0 Å². The second-order valence-corrected chi connectivity index (χ2v) is 3.52. The summed E-state index contributed by atoms with van der Waals surface area (Å²) in [6.45, 7) is 0. The van der Waals surface area contributed by atoms with Crippen molar-refractivity contribution in [3.8, 4) is 11.3 Å². The SMILES string of the molecule is Fc1ccc2ccc(-c3cn[nH]c3)nc2c1. The van der Waals surface area contributed by atoms with Crippen LogP contribution in [-0.2, 0) is 0 Å². The molecule has 0 saturated carbocycles. The molecule has 4 heteroatoms. The molecule has 2 heterocycles. The van der Waals surface area contributed by atoms with Gasteiger partial charge in [0.25, 0.3) is 0 Å². The van der Waals surface area contributed by atoms with Gasteiger partial charge in [0.2, 0.25) is 0 Å². The standard InChI is InChI=1S/C12H8FN3/c13-10-3-1-8-2-4-11(16-12(8)5-10)9-6-14-15-7-9/h1-7H,(H,14,15). The summed E-state index contributed by atoms with van der Waals surface area (Å²) in [7, 11) is 0. The van der Waals surface area contributed by atoms with Crippen molar-refractivity contribution in [3.05, 3.63) is 48.5 Å². The van der Waals surface area contributed by atoms with E-state index in [9.17, 15) is 4.39 Å². The molecule has 0 aliphatic heterocycles. The highest BCUT2D eigenvalue weighted by molar-refractivity contribution is 5.81. The quantitative estimate of drug-likeness (QED) is 0.675. The number of H-pyrrole nitrogens is 1. The average molecular weight is 213 g/mol. The zero-order valence-corrected chi connectivity index (χ0v) is 8.31. The maximum Gasteiger partial charge on any atom is 0.125 e. The molecule has 16 heavy (non-hydrogen) atoms. The first-order valence-electron chi connectivity index (χ1n) is 4.88. The predicted molar refractivity (Wildman–Crippen MR) is 59.3 cm³/mol. The van der Waals surface area contributed by atoms with Crippen molar-refractivity contribution < 1.29 is 4.39 Å². The number of aromatic amines is 1. The second kappa shape index (κ2) is 3.41. The highest BCUT2D eigenvalue weighted by Gasteiger charge is 2.02. The van der Waals surface area contributed by atoms with Gasteiger partial charge >= 0.3 is 0 Å². The Bertz CT molecular complexity index is 632. The number of rotatable bonds is 1. The Kier molecular flexibility index (Phi) is 1.93. The molecular weight excluding hydrogens is 205 g/mol. The van der Waals surface area contributed by atoms with Gasteiger partial charge in [0.15, 0.2) is 0 Å². The lowest BCUT2D eigenvalue weighted by Crippen LogP contribution is -1.84. The van der Waals surface area contributed by atoms with Crippen LogP contribution in [0.4, 0.5) is 4.39 Å². The summed E-state index contributed by atoms with van der Waals surface area (Å²) in [6.07, 6.45) is 3.45. The van der Waals surface area contributed by atoms with Gasteiger partial charge in [-0.1, -0.05) is 6.07 Å². The Labute approximate surface area is 91.0 Å². The van der Waals surface area contributed by atoms with E-state index < -0.39 is 0 Å². The molecular formula is C12H8FN3. The number of hydrogen-bond donors (Lipinski definition) is 1. The molecule has 0 aliphatic carbocycles. The molecule has 0 spiro atoms. The fourth-order valence-electron chi connectivity index (χ4n) is 1.64. The van der Waals surface area contributed by atoms with Crippen molar-refractivity contribution in [2.24, 2.45) is 0 Å². The minimum Gasteiger partial charge on any atom is -0.285 e. The third kappa shape index (κ3) is 1.44. The maximum atomic E-state index is 13.1. The van der Waals surface area contributed by atoms with Gasteiger partial charge < -0.3 is 0 Å². The third-order valence-electron chi connectivity index (χ3n) is 2.45. The molecule has 3 rings (SSSR count). The van der Waals surface area contributed by atoms with Crippen LogP contribution in [0.25, 0.3) is 22.2 Å². The molecule has 1 N–H and O–H groups in total. The molecule has 3 aromatic rings. The van der Waals surface area contributed by atoms with Crippen molar-refractivity contribution in [1.82, 2.24) is 15.2 Å². The molecule has 0 saturated heterocycles. The zero-order chi connectivity index (χ0) is 11.0. The Morgan fingerprint density at radius 3 is 2.81 bits per heavy atom. The number of halogens is 1. The lowest BCUT2D eigenvalue weighted by molar-refractivity contribution is 0.629. The number of benzene rings is 1. The van der Waals surface area contributed by atoms with Gasteiger partial charge in [-0.3, -0.25) is 5.10 Å². The molecule has 0 atom stereocenters. The van der Waals surface area contributed by atoms with E-state index >= 15 is 0 Å². The molecule has 0 fully saturated rings. The summed E-state index contributed by atoms with van der Waals surface area (Å²) in [4.78, 5) is 4.38. The van der Waals surface area contributed by atoms with Crippen LogP contribution in [0.15, 0.2) is 42.7 Å². The molecule has 0 radical (unpaired) electrons. The largest absolute Gasteiger partial charge is 0.285 e. The smallest absolute Gasteiger partial charge is 0.125 e. The molecule has 1 aromatic carbocycles. The van der Waals surface area contributed by atoms with Crippen LogP contribution in [0.3, 0.4) is 0 Å². The zero-order valence-electron chi connectivity index (χ0n) is 8.31. The van der Waals surface area contributed by atoms with Crippen LogP contribution in [0.1, 0.15) is 0 Å². The van der Waals surface area contributed by atoms with E-state index in [2.05, 4.69) is 15.2 Å². The number of pyridine rings is 1. The molecule has 78 valence electrons. The fourth-order valence-corrected chi connectivity index (χ4v) is 1.64. The lowest BCUT2D eigenvalue weighted by atomic mass is 10.1. The number of nitrogens with zero attached hydrogens (tertiary/aromatic N) is 2. The van der Waals surface area contributed by atoms with Gasteiger partial charge in [-0.2, -0.15) is 5.10 Å². The first-order valence-corrected chi connectivity index (χ1v) is 4.88. The normalized spacial score (nSPS) is 10.8. The van der Waals surface area contributed by atoms with Crippen molar-refractivity contribution in [2.75, 3.05) is 0 Å². The van der Waals surface area contributed by atoms with E-state index in [1.165, 1.54) is 12.1 Å². The minimum absolute atomic E-state index is 0.274. The molecule has 0 unspecified atom stereocenters. The Hall–Kier alpha value is -2.23. The van der Waals surface area contributed by atoms with E-state index in [-0.39, 0.29) is 5.82 Å². The van der Waals surface area contributed by atoms with Crippen LogP contribution >= 0.6 is 0 Å². The van der Waals surface area contributed by atoms with Crippen LogP contribution in [0.2, 0.25) is 0 Å². The molecule has 3 nitrogen and oxygen atoms in total. The average Bonchev–Trinajstić information content (AvgIpc) is 2.81. The van der Waals surface area contributed by atoms with Crippen molar-refractivity contribution in [1.29, 1.82) is 0 Å². The topological polar surface area (TPSA) is 41.6 Å². The third-order valence-corrected chi connectivity index (χ3v) is 2.45. The molecule has 0 aliphatic rings. The lowest BCUT2D eigenvalue weighted by Gasteiger charge is -2.00. The van der Waals surface area contributed by atoms with Crippen molar-refractivity contribution >= 4 is 10.9 Å². The van der Waals surface area contributed by atoms with Gasteiger partial charge in [0.1, 0.15) is 5.82 Å². The number of aromatic nitrogens is 3. The summed E-state index contributed by atoms with van der Waals surface area (Å²) in [5, 5.41) is 7.51. The van der Waals surface area contributed by atoms with Crippen molar-refractivity contribution in [2.45, 2.75) is 0 Å². The highest BCUT2D eigenvalue weighted by Crippen LogP contribution is 2.20. The predicted octanol–water partition coefficient (Wildman–Crippen LogP) is 2.76. The molecule has 2 aromatic heterocycles. The maximum absolute atomic E-state index is 13.1. The van der Waals surface area contributed by atoms with Crippen LogP contribution in [-0.4, -0.2) is 15.2 Å². The number of nitrogens with one attached hydrogen (secondary N) is 1. The molecule has 0 amide bonds. The summed E-state index contributed by atoms with van der Waals surface area (Å²) in [5.74, 6) is -0.274. The second-order valence-electron chi connectivity index (χ2n) is 3.52. The highest BCUT2D eigenvalue weighted by atomic mass is 19.1. The Morgan fingerprint density at radius 1 is 1.12 bits per heavy atom. The van der Waals surface area contributed by atoms with E-state index in [0.717, 1.165) is 16.6 Å². The van der Waals surface area contributed by atoms with E-state index in [1.54, 1.807) is 18.5 Å². The first kappa shape index (κ1) is 9.03. The van der Waals surface area contributed by atoms with E-state index in [4.69, 9.17) is 0 Å². The Balaban J connectivity index is 2.22. The van der Waals surface area contributed by atoms with E-state index in [1.807, 2.05) is 12.1 Å². The molecule has 0 bridgehead atoms. The fraction of sp³-hybridized carbons (Fsp3) is 0. The van der Waals surface area contributed by atoms with E-state index in [0.29, 0.717) is 5.52 Å². The summed E-state index contributed by atoms with van der Waals surface area (Å²) in [6, 6.07) is 8.40. The van der Waals surface area contributed by atoms with Gasteiger partial charge in [0.05, 0.1) is 17.4 Å². The summed E-state index contributed by atoms with van der Waals surface area (Å²) in [5.41, 5.74) is 2.33. The summed E-state index contributed by atoms with van der Waals surface area (Å²) >= 11 is 0. The minimum atomic E-state index is -0.274. The van der Waals surface area contributed by atoms with Crippen LogP contribution < -0.4 is 0 Å². The number of hydrogen-bond acceptors (Lipinski definition) is 2. The number of fused-ring (bicyclic) bond motifs is 1. The van der Waals surface area contributed by atoms with Crippen molar-refractivity contribution in [3.63, 3.8) is 0 Å². The Morgan fingerprint density at radius 2 is 2.00 bits per heavy atom.